The van der Waals surface area contributed by atoms with E-state index in [0.29, 0.717) is 18.7 Å². The number of ether oxygens (including phenoxy) is 2. The van der Waals surface area contributed by atoms with E-state index in [0.717, 1.165) is 42.5 Å². The highest BCUT2D eigenvalue weighted by Crippen LogP contribution is 2.16. The number of carbonyl (C=O) groups is 1. The van der Waals surface area contributed by atoms with Crippen LogP contribution in [0.25, 0.3) is 0 Å². The average molecular weight is 413 g/mol. The lowest BCUT2D eigenvalue weighted by Crippen LogP contribution is -2.38. The van der Waals surface area contributed by atoms with Crippen molar-refractivity contribution in [3.8, 4) is 11.5 Å². The van der Waals surface area contributed by atoms with Gasteiger partial charge in [-0.2, -0.15) is 0 Å². The van der Waals surface area contributed by atoms with Crippen LogP contribution in [0.2, 0.25) is 0 Å². The van der Waals surface area contributed by atoms with Crippen LogP contribution in [0.1, 0.15) is 29.3 Å². The molecule has 0 saturated carbocycles. The molecule has 0 aliphatic carbocycles. The molecule has 7 nitrogen and oxygen atoms in total. The van der Waals surface area contributed by atoms with Crippen LogP contribution in [0.4, 0.5) is 0 Å². The van der Waals surface area contributed by atoms with E-state index in [2.05, 4.69) is 15.6 Å². The monoisotopic (exact) mass is 412 g/mol. The Hall–Kier alpha value is -3.22. The highest BCUT2D eigenvalue weighted by Gasteiger charge is 2.07. The molecule has 2 aromatic rings. The van der Waals surface area contributed by atoms with E-state index in [-0.39, 0.29) is 5.91 Å². The first-order valence-corrected chi connectivity index (χ1v) is 10.1. The molecule has 2 N–H and O–H groups in total. The molecular formula is C23H32N4O3. The molecule has 162 valence electrons. The molecule has 0 heterocycles. The standard InChI is InChI=1S/C23H32N4O3/c1-5-24-23(25-15-6-16-30-21-13-11-20(29-4)12-14-21)26-17-18-7-9-19(10-8-18)22(28)27(2)3/h7-14H,5-6,15-17H2,1-4H3,(H2,24,25,26). The Balaban J connectivity index is 1.77. The highest BCUT2D eigenvalue weighted by molar-refractivity contribution is 5.93. The molecule has 0 unspecified atom stereocenters. The molecular weight excluding hydrogens is 380 g/mol. The van der Waals surface area contributed by atoms with E-state index in [1.807, 2.05) is 55.5 Å². The van der Waals surface area contributed by atoms with Crippen molar-refractivity contribution in [2.24, 2.45) is 4.99 Å². The zero-order valence-corrected chi connectivity index (χ0v) is 18.3. The minimum absolute atomic E-state index is 0.00286. The van der Waals surface area contributed by atoms with Crippen molar-refractivity contribution in [1.82, 2.24) is 15.5 Å². The maximum Gasteiger partial charge on any atom is 0.253 e. The number of amides is 1. The summed E-state index contributed by atoms with van der Waals surface area (Å²) in [4.78, 5) is 18.1. The van der Waals surface area contributed by atoms with Crippen molar-refractivity contribution >= 4 is 11.9 Å². The van der Waals surface area contributed by atoms with Gasteiger partial charge < -0.3 is 25.0 Å². The Morgan fingerprint density at radius 3 is 2.27 bits per heavy atom. The molecule has 30 heavy (non-hydrogen) atoms. The normalized spacial score (nSPS) is 11.0. The van der Waals surface area contributed by atoms with Gasteiger partial charge in [-0.25, -0.2) is 4.99 Å². The summed E-state index contributed by atoms with van der Waals surface area (Å²) in [6.45, 7) is 4.71. The number of hydrogen-bond acceptors (Lipinski definition) is 4. The zero-order chi connectivity index (χ0) is 21.8. The van der Waals surface area contributed by atoms with Crippen molar-refractivity contribution in [3.63, 3.8) is 0 Å². The second kappa shape index (κ2) is 12.4. The number of rotatable bonds is 10. The molecule has 7 heteroatoms. The van der Waals surface area contributed by atoms with Crippen molar-refractivity contribution in [1.29, 1.82) is 0 Å². The summed E-state index contributed by atoms with van der Waals surface area (Å²) < 4.78 is 10.9. The first-order valence-electron chi connectivity index (χ1n) is 10.1. The van der Waals surface area contributed by atoms with Gasteiger partial charge in [-0.05, 0) is 55.3 Å². The molecule has 1 amide bonds. The van der Waals surface area contributed by atoms with Crippen LogP contribution < -0.4 is 20.1 Å². The molecule has 0 saturated heterocycles. The topological polar surface area (TPSA) is 75.2 Å². The Morgan fingerprint density at radius 2 is 1.67 bits per heavy atom. The average Bonchev–Trinajstić information content (AvgIpc) is 2.77. The van der Waals surface area contributed by atoms with Crippen molar-refractivity contribution in [2.45, 2.75) is 19.9 Å². The van der Waals surface area contributed by atoms with Crippen molar-refractivity contribution < 1.29 is 14.3 Å². The van der Waals surface area contributed by atoms with Crippen LogP contribution in [-0.4, -0.2) is 57.7 Å². The first kappa shape index (κ1) is 23.1. The quantitative estimate of drug-likeness (QED) is 0.357. The molecule has 0 bridgehead atoms. The van der Waals surface area contributed by atoms with E-state index in [1.165, 1.54) is 0 Å². The third-order valence-corrected chi connectivity index (χ3v) is 4.31. The number of nitrogens with zero attached hydrogens (tertiary/aromatic N) is 2. The lowest BCUT2D eigenvalue weighted by molar-refractivity contribution is 0.0827. The minimum atomic E-state index is -0.00286. The van der Waals surface area contributed by atoms with Gasteiger partial charge in [-0.15, -0.1) is 0 Å². The van der Waals surface area contributed by atoms with Gasteiger partial charge in [0.2, 0.25) is 0 Å². The van der Waals surface area contributed by atoms with Gasteiger partial charge in [0.1, 0.15) is 11.5 Å². The number of benzene rings is 2. The second-order valence-electron chi connectivity index (χ2n) is 6.90. The molecule has 2 aromatic carbocycles. The number of aliphatic imine (C=N–C) groups is 1. The van der Waals surface area contributed by atoms with Gasteiger partial charge in [0.05, 0.1) is 20.3 Å². The zero-order valence-electron chi connectivity index (χ0n) is 18.3. The van der Waals surface area contributed by atoms with E-state index >= 15 is 0 Å². The number of nitrogens with one attached hydrogen (secondary N) is 2. The predicted octanol–water partition coefficient (Wildman–Crippen LogP) is 2.92. The van der Waals surface area contributed by atoms with Crippen LogP contribution in [-0.2, 0) is 6.54 Å². The van der Waals surface area contributed by atoms with Crippen molar-refractivity contribution in [2.75, 3.05) is 40.9 Å². The molecule has 0 spiro atoms. The Morgan fingerprint density at radius 1 is 1.00 bits per heavy atom. The lowest BCUT2D eigenvalue weighted by Gasteiger charge is -2.12. The van der Waals surface area contributed by atoms with Gasteiger partial charge in [-0.3, -0.25) is 4.79 Å². The Kier molecular flexibility index (Phi) is 9.51. The first-order chi connectivity index (χ1) is 14.5. The van der Waals surface area contributed by atoms with Gasteiger partial charge in [0.15, 0.2) is 5.96 Å². The second-order valence-corrected chi connectivity index (χ2v) is 6.90. The molecule has 0 aliphatic rings. The maximum atomic E-state index is 12.0. The number of guanidine groups is 1. The van der Waals surface area contributed by atoms with Crippen LogP contribution >= 0.6 is 0 Å². The Bertz CT molecular complexity index is 802. The van der Waals surface area contributed by atoms with Gasteiger partial charge >= 0.3 is 0 Å². The largest absolute Gasteiger partial charge is 0.497 e. The van der Waals surface area contributed by atoms with Gasteiger partial charge in [0.25, 0.3) is 5.91 Å². The lowest BCUT2D eigenvalue weighted by atomic mass is 10.1. The Labute approximate surface area is 179 Å². The molecule has 0 atom stereocenters. The third-order valence-electron chi connectivity index (χ3n) is 4.31. The highest BCUT2D eigenvalue weighted by atomic mass is 16.5. The van der Waals surface area contributed by atoms with E-state index in [9.17, 15) is 4.79 Å². The van der Waals surface area contributed by atoms with Crippen LogP contribution in [0.5, 0.6) is 11.5 Å². The SMILES string of the molecule is CCNC(=NCc1ccc(C(=O)N(C)C)cc1)NCCCOc1ccc(OC)cc1. The summed E-state index contributed by atoms with van der Waals surface area (Å²) in [5.74, 6) is 2.40. The molecule has 0 radical (unpaired) electrons. The van der Waals surface area contributed by atoms with E-state index in [1.54, 1.807) is 26.1 Å². The third kappa shape index (κ3) is 7.66. The summed E-state index contributed by atoms with van der Waals surface area (Å²) in [5, 5.41) is 6.56. The van der Waals surface area contributed by atoms with Crippen LogP contribution in [0.3, 0.4) is 0 Å². The smallest absolute Gasteiger partial charge is 0.253 e. The molecule has 2 rings (SSSR count). The summed E-state index contributed by atoms with van der Waals surface area (Å²) in [7, 11) is 5.14. The van der Waals surface area contributed by atoms with Crippen LogP contribution in [0.15, 0.2) is 53.5 Å². The summed E-state index contributed by atoms with van der Waals surface area (Å²) in [6.07, 6.45) is 0.845. The maximum absolute atomic E-state index is 12.0. The predicted molar refractivity (Wildman–Crippen MR) is 120 cm³/mol. The number of carbonyl (C=O) groups excluding carboxylic acids is 1. The summed E-state index contributed by atoms with van der Waals surface area (Å²) >= 11 is 0. The van der Waals surface area contributed by atoms with E-state index in [4.69, 9.17) is 9.47 Å². The summed E-state index contributed by atoms with van der Waals surface area (Å²) in [6, 6.07) is 15.1. The molecule has 0 aromatic heterocycles. The minimum Gasteiger partial charge on any atom is -0.497 e. The fourth-order valence-corrected chi connectivity index (χ4v) is 2.66. The van der Waals surface area contributed by atoms with Gasteiger partial charge in [-0.1, -0.05) is 12.1 Å². The van der Waals surface area contributed by atoms with Gasteiger partial charge in [0, 0.05) is 32.7 Å². The fourth-order valence-electron chi connectivity index (χ4n) is 2.66. The van der Waals surface area contributed by atoms with Crippen molar-refractivity contribution in [3.05, 3.63) is 59.7 Å². The fraction of sp³-hybridized carbons (Fsp3) is 0.391. The van der Waals surface area contributed by atoms with Crippen LogP contribution in [0, 0.1) is 0 Å². The molecule has 0 aliphatic heterocycles. The van der Waals surface area contributed by atoms with E-state index < -0.39 is 0 Å². The number of hydrogen-bond donors (Lipinski definition) is 2. The molecule has 0 fully saturated rings. The summed E-state index contributed by atoms with van der Waals surface area (Å²) in [5.41, 5.74) is 1.72. The number of methoxy groups -OCH3 is 1.